The zero-order valence-electron chi connectivity index (χ0n) is 53.0. The molecule has 1 atom stereocenters. The third kappa shape index (κ3) is 66.5. The normalized spacial score (nSPS) is 12.9. The van der Waals surface area contributed by atoms with Crippen molar-refractivity contribution in [2.45, 2.75) is 322 Å². The average molecular weight is 1120 g/mol. The van der Waals surface area contributed by atoms with Crippen LogP contribution < -0.4 is 0 Å². The van der Waals surface area contributed by atoms with E-state index in [2.05, 4.69) is 142 Å². The summed E-state index contributed by atoms with van der Waals surface area (Å²) in [6.45, 7) is 6.45. The fourth-order valence-electron chi connectivity index (χ4n) is 9.34. The van der Waals surface area contributed by atoms with Crippen molar-refractivity contribution in [3.8, 4) is 0 Å². The van der Waals surface area contributed by atoms with E-state index in [1.165, 1.54) is 161 Å². The molecule has 0 N–H and O–H groups in total. The van der Waals surface area contributed by atoms with Gasteiger partial charge >= 0.3 is 17.9 Å². The molecule has 0 spiro atoms. The van der Waals surface area contributed by atoms with Crippen LogP contribution in [-0.2, 0) is 28.6 Å². The molecule has 0 amide bonds. The van der Waals surface area contributed by atoms with Crippen molar-refractivity contribution in [3.05, 3.63) is 122 Å². The maximum Gasteiger partial charge on any atom is 0.306 e. The largest absolute Gasteiger partial charge is 0.462 e. The van der Waals surface area contributed by atoms with Crippen LogP contribution in [0.2, 0.25) is 0 Å². The quantitative estimate of drug-likeness (QED) is 0.0261. The predicted octanol–water partition coefficient (Wildman–Crippen LogP) is 23.6. The van der Waals surface area contributed by atoms with Gasteiger partial charge in [0.1, 0.15) is 13.2 Å². The van der Waals surface area contributed by atoms with E-state index in [1.807, 2.05) is 0 Å². The Kier molecular flexibility index (Phi) is 64.8. The molecule has 0 saturated heterocycles. The summed E-state index contributed by atoms with van der Waals surface area (Å²) in [6.07, 6.45) is 95.1. The van der Waals surface area contributed by atoms with E-state index in [-0.39, 0.29) is 37.5 Å². The van der Waals surface area contributed by atoms with Crippen LogP contribution in [0.4, 0.5) is 0 Å². The van der Waals surface area contributed by atoms with Gasteiger partial charge < -0.3 is 14.2 Å². The second-order valence-corrected chi connectivity index (χ2v) is 22.3. The van der Waals surface area contributed by atoms with Crippen molar-refractivity contribution in [2.75, 3.05) is 13.2 Å². The summed E-state index contributed by atoms with van der Waals surface area (Å²) in [7, 11) is 0. The second kappa shape index (κ2) is 68.3. The summed E-state index contributed by atoms with van der Waals surface area (Å²) < 4.78 is 16.9. The second-order valence-electron chi connectivity index (χ2n) is 22.3. The molecule has 0 aliphatic carbocycles. The van der Waals surface area contributed by atoms with Crippen LogP contribution in [0.25, 0.3) is 0 Å². The Morgan fingerprint density at radius 1 is 0.259 bits per heavy atom. The van der Waals surface area contributed by atoms with Crippen LogP contribution in [0.1, 0.15) is 316 Å². The molecule has 81 heavy (non-hydrogen) atoms. The number of ether oxygens (including phenoxy) is 3. The molecule has 0 fully saturated rings. The third-order valence-corrected chi connectivity index (χ3v) is 14.4. The van der Waals surface area contributed by atoms with Gasteiger partial charge in [-0.15, -0.1) is 0 Å². The first kappa shape index (κ1) is 76.8. The Labute approximate surface area is 501 Å². The van der Waals surface area contributed by atoms with Gasteiger partial charge in [-0.3, -0.25) is 14.4 Å². The minimum atomic E-state index is -0.813. The highest BCUT2D eigenvalue weighted by Crippen LogP contribution is 2.16. The standard InChI is InChI=1S/C75H126O6/c1-4-7-10-13-16-19-22-25-28-31-33-34-35-36-37-38-39-40-42-44-47-50-53-56-59-62-65-68-74(77)80-71-72(70-79-73(76)67-64-61-58-55-52-49-46-43-30-27-24-21-18-15-12-9-6-3)81-75(78)69-66-63-60-57-54-51-48-45-41-32-29-26-23-20-17-14-11-8-5-2/h9,12,17-18,20-22,25-27,29-31,33,41,45-46,49,55,58,72H,4-8,10-11,13-16,19,23-24,28,32,34-40,42-44,47-48,50-54,56-57,59-71H2,1-3H3/b12-9-,20-17-,21-18-,25-22-,29-26-,30-27-,33-31-,45-41-,49-46-,58-55-. The van der Waals surface area contributed by atoms with Crippen LogP contribution >= 0.6 is 0 Å². The Balaban J connectivity index is 4.40. The summed E-state index contributed by atoms with van der Waals surface area (Å²) in [6, 6.07) is 0. The molecule has 462 valence electrons. The summed E-state index contributed by atoms with van der Waals surface area (Å²) in [5, 5.41) is 0. The monoisotopic (exact) mass is 1120 g/mol. The molecule has 0 aliphatic heterocycles. The molecule has 0 bridgehead atoms. The van der Waals surface area contributed by atoms with Crippen LogP contribution in [0.3, 0.4) is 0 Å². The zero-order valence-corrected chi connectivity index (χ0v) is 53.0. The van der Waals surface area contributed by atoms with Crippen LogP contribution in [0, 0.1) is 0 Å². The maximum atomic E-state index is 12.9. The summed E-state index contributed by atoms with van der Waals surface area (Å²) in [5.41, 5.74) is 0. The van der Waals surface area contributed by atoms with E-state index >= 15 is 0 Å². The zero-order chi connectivity index (χ0) is 58.5. The highest BCUT2D eigenvalue weighted by molar-refractivity contribution is 5.71. The predicted molar refractivity (Wildman–Crippen MR) is 353 cm³/mol. The van der Waals surface area contributed by atoms with Crippen molar-refractivity contribution in [1.29, 1.82) is 0 Å². The summed E-state index contributed by atoms with van der Waals surface area (Å²) >= 11 is 0. The smallest absolute Gasteiger partial charge is 0.306 e. The van der Waals surface area contributed by atoms with Gasteiger partial charge in [0.25, 0.3) is 0 Å². The molecule has 0 radical (unpaired) electrons. The average Bonchev–Trinajstić information content (AvgIpc) is 3.47. The van der Waals surface area contributed by atoms with Crippen LogP contribution in [-0.4, -0.2) is 37.2 Å². The Bertz CT molecular complexity index is 1670. The minimum Gasteiger partial charge on any atom is -0.462 e. The topological polar surface area (TPSA) is 78.9 Å². The number of hydrogen-bond acceptors (Lipinski definition) is 6. The summed E-state index contributed by atoms with van der Waals surface area (Å²) in [5.74, 6) is -0.968. The lowest BCUT2D eigenvalue weighted by molar-refractivity contribution is -0.167. The lowest BCUT2D eigenvalue weighted by Crippen LogP contribution is -2.30. The van der Waals surface area contributed by atoms with Gasteiger partial charge in [-0.2, -0.15) is 0 Å². The molecule has 1 unspecified atom stereocenters. The molecule has 6 heteroatoms. The summed E-state index contributed by atoms with van der Waals surface area (Å²) in [4.78, 5) is 38.4. The minimum absolute atomic E-state index is 0.102. The SMILES string of the molecule is CC/C=C\C/C=C\C/C=C\C/C=C\C/C=C\CCCC(=O)OCC(COC(=O)CCCCCCCCCCCCCCCCC/C=C\C/C=C\CCCCCCC)OC(=O)CCCCCCCC/C=C\C/C=C\C/C=C\CCCCC. The van der Waals surface area contributed by atoms with Gasteiger partial charge in [0.2, 0.25) is 0 Å². The highest BCUT2D eigenvalue weighted by atomic mass is 16.6. The first-order valence-corrected chi connectivity index (χ1v) is 34.0. The molecule has 0 aromatic carbocycles. The number of carbonyl (C=O) groups excluding carboxylic acids is 3. The molecule has 0 saturated carbocycles. The fourth-order valence-corrected chi connectivity index (χ4v) is 9.34. The molecular formula is C75H126O6. The maximum absolute atomic E-state index is 12.9. The lowest BCUT2D eigenvalue weighted by Gasteiger charge is -2.18. The van der Waals surface area contributed by atoms with Gasteiger partial charge in [-0.05, 0) is 128 Å². The number of rotatable bonds is 61. The first-order chi connectivity index (χ1) is 40.0. The molecule has 0 aliphatic rings. The number of carbonyl (C=O) groups is 3. The van der Waals surface area contributed by atoms with Crippen molar-refractivity contribution in [2.24, 2.45) is 0 Å². The van der Waals surface area contributed by atoms with E-state index in [4.69, 9.17) is 14.2 Å². The Morgan fingerprint density at radius 2 is 0.494 bits per heavy atom. The Morgan fingerprint density at radius 3 is 0.827 bits per heavy atom. The van der Waals surface area contributed by atoms with Crippen molar-refractivity contribution >= 4 is 17.9 Å². The van der Waals surface area contributed by atoms with Crippen LogP contribution in [0.15, 0.2) is 122 Å². The van der Waals surface area contributed by atoms with Gasteiger partial charge in [0.15, 0.2) is 6.10 Å². The molecule has 0 aromatic heterocycles. The van der Waals surface area contributed by atoms with Crippen molar-refractivity contribution in [1.82, 2.24) is 0 Å². The van der Waals surface area contributed by atoms with Gasteiger partial charge in [-0.25, -0.2) is 0 Å². The third-order valence-electron chi connectivity index (χ3n) is 14.4. The molecular weight excluding hydrogens is 997 g/mol. The van der Waals surface area contributed by atoms with Gasteiger partial charge in [-0.1, -0.05) is 290 Å². The number of hydrogen-bond donors (Lipinski definition) is 0. The fraction of sp³-hybridized carbons (Fsp3) is 0.693. The van der Waals surface area contributed by atoms with Gasteiger partial charge in [0.05, 0.1) is 0 Å². The Hall–Kier alpha value is -4.19. The first-order valence-electron chi connectivity index (χ1n) is 34.0. The van der Waals surface area contributed by atoms with E-state index in [0.29, 0.717) is 19.3 Å². The van der Waals surface area contributed by atoms with E-state index in [9.17, 15) is 14.4 Å². The number of esters is 3. The van der Waals surface area contributed by atoms with E-state index in [0.717, 1.165) is 109 Å². The van der Waals surface area contributed by atoms with Crippen LogP contribution in [0.5, 0.6) is 0 Å². The lowest BCUT2D eigenvalue weighted by atomic mass is 10.0. The molecule has 0 heterocycles. The molecule has 0 aromatic rings. The number of allylic oxidation sites excluding steroid dienone is 20. The van der Waals surface area contributed by atoms with Gasteiger partial charge in [0, 0.05) is 19.3 Å². The highest BCUT2D eigenvalue weighted by Gasteiger charge is 2.19. The van der Waals surface area contributed by atoms with Crippen molar-refractivity contribution < 1.29 is 28.6 Å². The molecule has 6 nitrogen and oxygen atoms in total. The van der Waals surface area contributed by atoms with Crippen molar-refractivity contribution in [3.63, 3.8) is 0 Å². The van der Waals surface area contributed by atoms with E-state index < -0.39 is 6.10 Å². The molecule has 0 rings (SSSR count). The van der Waals surface area contributed by atoms with E-state index in [1.54, 1.807) is 0 Å². The number of unbranched alkanes of at least 4 members (excludes halogenated alkanes) is 30.